The monoisotopic (exact) mass is 1240 g/mol. The number of ether oxygens (including phenoxy) is 5. The van der Waals surface area contributed by atoms with E-state index in [4.69, 9.17) is 33.7 Å². The lowest BCUT2D eigenvalue weighted by Crippen LogP contribution is -2.64. The number of nitrogens with zero attached hydrogens (tertiary/aromatic N) is 8. The van der Waals surface area contributed by atoms with Gasteiger partial charge < -0.3 is 53.8 Å². The van der Waals surface area contributed by atoms with E-state index in [1.54, 1.807) is 13.2 Å². The van der Waals surface area contributed by atoms with Crippen LogP contribution in [-0.4, -0.2) is 165 Å². The Morgan fingerprint density at radius 2 is 1.70 bits per heavy atom. The normalized spacial score (nSPS) is 25.6. The number of para-hydroxylation sites is 1. The topological polar surface area (TPSA) is 243 Å². The fraction of sp³-hybridized carbons (Fsp3) is 0.530. The van der Waals surface area contributed by atoms with E-state index in [0.29, 0.717) is 80.5 Å². The number of nitro groups is 1. The fourth-order valence-electron chi connectivity index (χ4n) is 15.1. The number of nitrogens with one attached hydrogen (secondary N) is 3. The minimum atomic E-state index is -4.66. The Bertz CT molecular complexity index is 3690. The molecule has 1 amide bonds. The second-order valence-electron chi connectivity index (χ2n) is 26.2. The molecule has 0 unspecified atom stereocenters. The molecular weight excluding hydrogens is 1150 g/mol. The van der Waals surface area contributed by atoms with Crippen LogP contribution in [0.2, 0.25) is 0 Å². The summed E-state index contributed by atoms with van der Waals surface area (Å²) in [5.74, 6) is 2.61. The van der Waals surface area contributed by atoms with Gasteiger partial charge in [0.2, 0.25) is 5.88 Å². The third kappa shape index (κ3) is 12.3. The number of sulfonamides is 1. The molecule has 6 fully saturated rings. The average molecular weight is 1240 g/mol. The van der Waals surface area contributed by atoms with Crippen LogP contribution < -0.4 is 38.9 Å². The summed E-state index contributed by atoms with van der Waals surface area (Å²) < 4.78 is 61.6. The summed E-state index contributed by atoms with van der Waals surface area (Å²) in [6.07, 6.45) is 9.68. The van der Waals surface area contributed by atoms with Crippen LogP contribution in [0.25, 0.3) is 11.0 Å². The molecule has 22 nitrogen and oxygen atoms in total. The number of aliphatic hydroxyl groups is 1. The fourth-order valence-corrected chi connectivity index (χ4v) is 16.1. The first-order valence-electron chi connectivity index (χ1n) is 31.7. The zero-order chi connectivity index (χ0) is 61.8. The van der Waals surface area contributed by atoms with Crippen molar-refractivity contribution in [1.82, 2.24) is 29.5 Å². The highest BCUT2D eigenvalue weighted by atomic mass is 32.2. The number of hydrogen-bond donors (Lipinski definition) is 4. The number of aromatic nitrogens is 3. The Hall–Kier alpha value is -7.28. The Morgan fingerprint density at radius 3 is 2.46 bits per heavy atom. The molecule has 2 saturated carbocycles. The quantitative estimate of drug-likeness (QED) is 0.0491. The molecule has 3 aromatic carbocycles. The molecule has 3 aromatic heterocycles. The Balaban J connectivity index is 0.754. The number of hydrogen-bond acceptors (Lipinski definition) is 19. The van der Waals surface area contributed by atoms with E-state index in [1.807, 2.05) is 43.6 Å². The number of anilines is 5. The molecule has 474 valence electrons. The number of aromatic amines is 1. The summed E-state index contributed by atoms with van der Waals surface area (Å²) >= 11 is 0. The molecule has 0 radical (unpaired) electrons. The van der Waals surface area contributed by atoms with Crippen LogP contribution in [0.5, 0.6) is 17.4 Å². The number of carbonyl (C=O) groups is 1. The van der Waals surface area contributed by atoms with Crippen molar-refractivity contribution in [2.75, 3.05) is 106 Å². The molecular formula is C66H83N11O11S. The van der Waals surface area contributed by atoms with E-state index in [1.165, 1.54) is 17.7 Å². The summed E-state index contributed by atoms with van der Waals surface area (Å²) in [5, 5.41) is 26.9. The minimum absolute atomic E-state index is 0.0179. The number of benzene rings is 3. The zero-order valence-corrected chi connectivity index (χ0v) is 52.4. The smallest absolute Gasteiger partial charge is 0.293 e. The van der Waals surface area contributed by atoms with Crippen LogP contribution in [0, 0.1) is 27.4 Å². The summed E-state index contributed by atoms with van der Waals surface area (Å²) in [6, 6.07) is 24.0. The molecule has 4 saturated heterocycles. The van der Waals surface area contributed by atoms with Crippen LogP contribution in [0.15, 0.2) is 96.2 Å². The minimum Gasteiger partial charge on any atom is -0.493 e. The van der Waals surface area contributed by atoms with Gasteiger partial charge in [-0.3, -0.25) is 24.7 Å². The number of fused-ring (bicyclic) bond motifs is 3. The zero-order valence-electron chi connectivity index (χ0n) is 51.6. The molecule has 13 rings (SSSR count). The second kappa shape index (κ2) is 24.8. The maximum Gasteiger partial charge on any atom is 0.293 e. The number of nitro benzene ring substituents is 1. The number of pyridine rings is 2. The summed E-state index contributed by atoms with van der Waals surface area (Å²) in [6.45, 7) is 17.4. The van der Waals surface area contributed by atoms with Crippen molar-refractivity contribution < 1.29 is 46.9 Å². The van der Waals surface area contributed by atoms with Gasteiger partial charge in [0.1, 0.15) is 28.9 Å². The first-order chi connectivity index (χ1) is 42.9. The van der Waals surface area contributed by atoms with Crippen molar-refractivity contribution in [3.8, 4) is 17.4 Å². The molecule has 23 heteroatoms. The molecule has 2 aliphatic carbocycles. The van der Waals surface area contributed by atoms with Crippen LogP contribution >= 0.6 is 0 Å². The molecule has 5 aliphatic heterocycles. The standard InChI is InChI=1S/C66H83N11O11S/c1-42(2)87-58-9-7-6-8-49(58)57-40-72(39-45-32-59(84-5)62(69-38-45)74-27-30-85-31-28-74)25-26-75(57)56-36-66(43(56)3)20-23-73(24-21-66)47-10-12-50(53(34-47)76-52-17-29-86-41-60(52)88-64-55(76)33-46-16-22-67-61(46)70-64)63(78)71-89(82,83)48-11-13-51(54(35-48)77(80)81)68-37-44-14-18-65(4,79)19-15-44/h6-13,16,22,32-35,38,42-44,52,56-57,60,68,79H,14-15,17-21,23-31,36-37,39-41H2,1-5H3,(H,67,70)(H,71,78)/t43-,44?,52+,56-,57-,60+,65?/m1/s1. The summed E-state index contributed by atoms with van der Waals surface area (Å²) in [7, 11) is -2.94. The number of piperazine rings is 1. The highest BCUT2D eigenvalue weighted by Gasteiger charge is 2.56. The lowest BCUT2D eigenvalue weighted by molar-refractivity contribution is -0.384. The van der Waals surface area contributed by atoms with E-state index < -0.39 is 43.1 Å². The van der Waals surface area contributed by atoms with Crippen molar-refractivity contribution in [1.29, 1.82) is 0 Å². The summed E-state index contributed by atoms with van der Waals surface area (Å²) in [4.78, 5) is 51.4. The third-order valence-corrected chi connectivity index (χ3v) is 21.6. The maximum absolute atomic E-state index is 14.9. The van der Waals surface area contributed by atoms with Crippen molar-refractivity contribution >= 4 is 61.2 Å². The molecule has 6 aromatic rings. The van der Waals surface area contributed by atoms with Gasteiger partial charge >= 0.3 is 0 Å². The lowest BCUT2D eigenvalue weighted by atomic mass is 9.53. The highest BCUT2D eigenvalue weighted by Crippen LogP contribution is 2.58. The van der Waals surface area contributed by atoms with Gasteiger partial charge in [0.25, 0.3) is 21.6 Å². The van der Waals surface area contributed by atoms with E-state index >= 15 is 0 Å². The number of H-pyrrole nitrogens is 1. The molecule has 8 heterocycles. The lowest BCUT2D eigenvalue weighted by Gasteiger charge is -2.62. The number of rotatable bonds is 17. The predicted octanol–water partition coefficient (Wildman–Crippen LogP) is 9.21. The van der Waals surface area contributed by atoms with Gasteiger partial charge in [-0.05, 0) is 150 Å². The van der Waals surface area contributed by atoms with Crippen LogP contribution in [0.3, 0.4) is 0 Å². The second-order valence-corrected chi connectivity index (χ2v) is 27.8. The van der Waals surface area contributed by atoms with E-state index in [2.05, 4.69) is 90.6 Å². The Morgan fingerprint density at radius 1 is 0.899 bits per heavy atom. The average Bonchev–Trinajstić information content (AvgIpc) is 0.913. The first-order valence-corrected chi connectivity index (χ1v) is 33.2. The SMILES string of the molecule is COc1cc(CN2CCN([C@@H]3CC4(CCN(c5ccc(C(=O)NS(=O)(=O)c6ccc(NCC7CCC(C)(O)CC7)c([N+](=O)[O-])c6)c(N6c7cc8cc[nH]c8nc7O[C@H]7COCC[C@@H]76)c5)CC4)[C@@H]3C)[C@@H](c3ccccc3OC(C)C)C2)cnc1N1CCOCC1. The van der Waals surface area contributed by atoms with Crippen molar-refractivity contribution in [2.24, 2.45) is 17.3 Å². The molecule has 89 heavy (non-hydrogen) atoms. The molecule has 5 atom stereocenters. The van der Waals surface area contributed by atoms with E-state index in [-0.39, 0.29) is 47.4 Å². The molecule has 4 N–H and O–H groups in total. The van der Waals surface area contributed by atoms with Gasteiger partial charge in [-0.2, -0.15) is 4.98 Å². The van der Waals surface area contributed by atoms with Crippen LogP contribution in [-0.2, 0) is 26.0 Å². The third-order valence-electron chi connectivity index (χ3n) is 20.2. The van der Waals surface area contributed by atoms with E-state index in [0.717, 1.165) is 124 Å². The van der Waals surface area contributed by atoms with Crippen molar-refractivity contribution in [3.63, 3.8) is 0 Å². The predicted molar refractivity (Wildman–Crippen MR) is 339 cm³/mol. The van der Waals surface area contributed by atoms with Gasteiger partial charge in [-0.15, -0.1) is 0 Å². The number of piperidine rings is 1. The number of methoxy groups -OCH3 is 1. The van der Waals surface area contributed by atoms with Crippen LogP contribution in [0.1, 0.15) is 107 Å². The Kier molecular flexibility index (Phi) is 16.9. The molecule has 0 bridgehead atoms. The van der Waals surface area contributed by atoms with Gasteiger partial charge in [0, 0.05) is 107 Å². The van der Waals surface area contributed by atoms with Crippen LogP contribution in [0.4, 0.5) is 34.3 Å². The summed E-state index contributed by atoms with van der Waals surface area (Å²) in [5.41, 5.74) is 4.18. The number of morpholine rings is 1. The Labute approximate surface area is 520 Å². The van der Waals surface area contributed by atoms with E-state index in [9.17, 15) is 28.4 Å². The van der Waals surface area contributed by atoms with Gasteiger partial charge in [0.05, 0.1) is 71.8 Å². The molecule has 7 aliphatic rings. The van der Waals surface area contributed by atoms with Crippen molar-refractivity contribution in [3.05, 3.63) is 118 Å². The highest BCUT2D eigenvalue weighted by molar-refractivity contribution is 7.90. The number of amides is 1. The first kappa shape index (κ1) is 60.6. The van der Waals surface area contributed by atoms with Gasteiger partial charge in [0.15, 0.2) is 11.6 Å². The largest absolute Gasteiger partial charge is 0.493 e. The number of carbonyl (C=O) groups excluding carboxylic acids is 1. The van der Waals surface area contributed by atoms with Gasteiger partial charge in [-0.1, -0.05) is 25.1 Å². The van der Waals surface area contributed by atoms with Gasteiger partial charge in [-0.25, -0.2) is 18.1 Å². The molecule has 1 spiro atoms. The maximum atomic E-state index is 14.9. The van der Waals surface area contributed by atoms with Crippen molar-refractivity contribution in [2.45, 2.75) is 126 Å².